The van der Waals surface area contributed by atoms with Gasteiger partial charge in [-0.15, -0.1) is 0 Å². The number of hydrogen-bond donors (Lipinski definition) is 2. The highest BCUT2D eigenvalue weighted by molar-refractivity contribution is 7.80. The molecule has 0 bridgehead atoms. The second-order valence-corrected chi connectivity index (χ2v) is 5.52. The molecule has 0 atom stereocenters. The molecule has 118 valence electrons. The number of thiocarbonyl (C=S) groups is 1. The highest BCUT2D eigenvalue weighted by Crippen LogP contribution is 2.21. The van der Waals surface area contributed by atoms with Crippen molar-refractivity contribution in [1.82, 2.24) is 5.32 Å². The first-order chi connectivity index (χ1) is 10.9. The van der Waals surface area contributed by atoms with E-state index in [1.54, 1.807) is 31.2 Å². The number of nitrogens with one attached hydrogen (secondary N) is 2. The first kappa shape index (κ1) is 16.9. The van der Waals surface area contributed by atoms with Gasteiger partial charge in [-0.1, -0.05) is 11.6 Å². The molecule has 0 spiro atoms. The number of carbonyl (C=O) groups is 1. The van der Waals surface area contributed by atoms with Crippen LogP contribution in [0.5, 0.6) is 0 Å². The molecule has 6 nitrogen and oxygen atoms in total. The van der Waals surface area contributed by atoms with E-state index in [1.165, 1.54) is 18.2 Å². The lowest BCUT2D eigenvalue weighted by Crippen LogP contribution is -2.34. The number of hydrogen-bond acceptors (Lipinski definition) is 4. The fourth-order valence-electron chi connectivity index (χ4n) is 1.83. The topological polar surface area (TPSA) is 84.3 Å². The molecule has 8 heteroatoms. The van der Waals surface area contributed by atoms with Crippen LogP contribution in [0.1, 0.15) is 15.9 Å². The molecule has 0 fully saturated rings. The molecule has 23 heavy (non-hydrogen) atoms. The number of aryl methyl sites for hydroxylation is 1. The van der Waals surface area contributed by atoms with Crippen LogP contribution in [-0.4, -0.2) is 15.9 Å². The Labute approximate surface area is 142 Å². The van der Waals surface area contributed by atoms with Crippen molar-refractivity contribution in [3.05, 3.63) is 68.7 Å². The number of benzene rings is 2. The number of nitro benzene ring substituents is 1. The van der Waals surface area contributed by atoms with E-state index in [9.17, 15) is 14.9 Å². The summed E-state index contributed by atoms with van der Waals surface area (Å²) >= 11 is 10.8. The van der Waals surface area contributed by atoms with E-state index in [0.29, 0.717) is 21.8 Å². The number of carbonyl (C=O) groups excluding carboxylic acids is 1. The van der Waals surface area contributed by atoms with Gasteiger partial charge in [0.15, 0.2) is 5.11 Å². The van der Waals surface area contributed by atoms with Gasteiger partial charge in [0.1, 0.15) is 0 Å². The van der Waals surface area contributed by atoms with Gasteiger partial charge in [0.25, 0.3) is 11.6 Å². The Morgan fingerprint density at radius 1 is 1.22 bits per heavy atom. The molecule has 0 aromatic heterocycles. The normalized spacial score (nSPS) is 10.0. The molecule has 0 heterocycles. The van der Waals surface area contributed by atoms with Gasteiger partial charge < -0.3 is 5.32 Å². The van der Waals surface area contributed by atoms with E-state index in [2.05, 4.69) is 10.6 Å². The molecule has 0 saturated carbocycles. The molecule has 1 amide bonds. The van der Waals surface area contributed by atoms with Crippen molar-refractivity contribution in [2.75, 3.05) is 5.32 Å². The lowest BCUT2D eigenvalue weighted by atomic mass is 10.2. The van der Waals surface area contributed by atoms with Crippen molar-refractivity contribution < 1.29 is 9.72 Å². The fraction of sp³-hybridized carbons (Fsp3) is 0.0667. The Morgan fingerprint density at radius 3 is 2.43 bits per heavy atom. The van der Waals surface area contributed by atoms with Crippen molar-refractivity contribution in [2.45, 2.75) is 6.92 Å². The number of nitrogens with zero attached hydrogens (tertiary/aromatic N) is 1. The molecule has 0 saturated heterocycles. The average Bonchev–Trinajstić information content (AvgIpc) is 2.49. The van der Waals surface area contributed by atoms with Gasteiger partial charge in [-0.2, -0.15) is 0 Å². The van der Waals surface area contributed by atoms with Crippen LogP contribution >= 0.6 is 23.8 Å². The number of rotatable bonds is 3. The summed E-state index contributed by atoms with van der Waals surface area (Å²) in [6, 6.07) is 10.7. The zero-order valence-electron chi connectivity index (χ0n) is 12.0. The van der Waals surface area contributed by atoms with Crippen LogP contribution < -0.4 is 10.6 Å². The highest BCUT2D eigenvalue weighted by Gasteiger charge is 2.11. The Balaban J connectivity index is 2.03. The second-order valence-electron chi connectivity index (χ2n) is 4.67. The van der Waals surface area contributed by atoms with E-state index in [-0.39, 0.29) is 16.7 Å². The van der Waals surface area contributed by atoms with Crippen molar-refractivity contribution in [1.29, 1.82) is 0 Å². The van der Waals surface area contributed by atoms with Gasteiger partial charge in [0.05, 0.1) is 4.92 Å². The van der Waals surface area contributed by atoms with Gasteiger partial charge in [0, 0.05) is 28.4 Å². The minimum absolute atomic E-state index is 0.0100. The fourth-order valence-corrected chi connectivity index (χ4v) is 2.16. The monoisotopic (exact) mass is 349 g/mol. The predicted molar refractivity (Wildman–Crippen MR) is 93.0 cm³/mol. The quantitative estimate of drug-likeness (QED) is 0.501. The van der Waals surface area contributed by atoms with Crippen LogP contribution in [0.25, 0.3) is 0 Å². The minimum Gasteiger partial charge on any atom is -0.332 e. The SMILES string of the molecule is Cc1cc([N+](=O)[O-])ccc1NC(=S)NC(=O)c1ccc(Cl)cc1. The highest BCUT2D eigenvalue weighted by atomic mass is 35.5. The molecule has 0 aliphatic rings. The molecule has 0 unspecified atom stereocenters. The molecule has 0 radical (unpaired) electrons. The first-order valence-corrected chi connectivity index (χ1v) is 7.28. The third kappa shape index (κ3) is 4.48. The van der Waals surface area contributed by atoms with Gasteiger partial charge >= 0.3 is 0 Å². The lowest BCUT2D eigenvalue weighted by Gasteiger charge is -2.11. The van der Waals surface area contributed by atoms with Crippen molar-refractivity contribution >= 4 is 46.2 Å². The molecular formula is C15H12ClN3O3S. The molecule has 2 N–H and O–H groups in total. The summed E-state index contributed by atoms with van der Waals surface area (Å²) in [5, 5.41) is 16.7. The summed E-state index contributed by atoms with van der Waals surface area (Å²) in [6.07, 6.45) is 0. The molecule has 0 aliphatic carbocycles. The van der Waals surface area contributed by atoms with E-state index in [4.69, 9.17) is 23.8 Å². The molecule has 2 rings (SSSR count). The second kappa shape index (κ2) is 7.17. The van der Waals surface area contributed by atoms with Crippen LogP contribution in [0.3, 0.4) is 0 Å². The standard InChI is InChI=1S/C15H12ClN3O3S/c1-9-8-12(19(21)22)6-7-13(9)17-15(23)18-14(20)10-2-4-11(16)5-3-10/h2-8H,1H3,(H2,17,18,20,23). The largest absolute Gasteiger partial charge is 0.332 e. The maximum Gasteiger partial charge on any atom is 0.269 e. The average molecular weight is 350 g/mol. The summed E-state index contributed by atoms with van der Waals surface area (Å²) in [5.74, 6) is -0.376. The van der Waals surface area contributed by atoms with E-state index >= 15 is 0 Å². The molecule has 0 aliphatic heterocycles. The minimum atomic E-state index is -0.475. The van der Waals surface area contributed by atoms with E-state index in [0.717, 1.165) is 0 Å². The van der Waals surface area contributed by atoms with Gasteiger partial charge in [0.2, 0.25) is 0 Å². The van der Waals surface area contributed by atoms with Crippen LogP contribution in [0.15, 0.2) is 42.5 Å². The third-order valence-corrected chi connectivity index (χ3v) is 3.46. The summed E-state index contributed by atoms with van der Waals surface area (Å²) < 4.78 is 0. The summed E-state index contributed by atoms with van der Waals surface area (Å²) in [5.41, 5.74) is 1.63. The maximum atomic E-state index is 12.0. The molecular weight excluding hydrogens is 338 g/mol. The maximum absolute atomic E-state index is 12.0. The van der Waals surface area contributed by atoms with Crippen LogP contribution in [0.2, 0.25) is 5.02 Å². The van der Waals surface area contributed by atoms with Gasteiger partial charge in [-0.25, -0.2) is 0 Å². The predicted octanol–water partition coefficient (Wildman–Crippen LogP) is 3.68. The number of non-ortho nitro benzene ring substituents is 1. The Morgan fingerprint density at radius 2 is 1.87 bits per heavy atom. The van der Waals surface area contributed by atoms with Crippen LogP contribution in [-0.2, 0) is 0 Å². The van der Waals surface area contributed by atoms with E-state index < -0.39 is 4.92 Å². The summed E-state index contributed by atoms with van der Waals surface area (Å²) in [7, 11) is 0. The van der Waals surface area contributed by atoms with Gasteiger partial charge in [-0.3, -0.25) is 20.2 Å². The Kier molecular flexibility index (Phi) is 5.25. The van der Waals surface area contributed by atoms with Crippen molar-refractivity contribution in [3.8, 4) is 0 Å². The smallest absolute Gasteiger partial charge is 0.269 e. The summed E-state index contributed by atoms with van der Waals surface area (Å²) in [4.78, 5) is 22.2. The summed E-state index contributed by atoms with van der Waals surface area (Å²) in [6.45, 7) is 1.71. The van der Waals surface area contributed by atoms with E-state index in [1.807, 2.05) is 0 Å². The van der Waals surface area contributed by atoms with Gasteiger partial charge in [-0.05, 0) is 55.0 Å². The number of anilines is 1. The number of halogens is 1. The Bertz CT molecular complexity index is 778. The Hall–Kier alpha value is -2.51. The van der Waals surface area contributed by atoms with Crippen molar-refractivity contribution in [3.63, 3.8) is 0 Å². The third-order valence-electron chi connectivity index (χ3n) is 3.00. The zero-order chi connectivity index (χ0) is 17.0. The molecule has 2 aromatic rings. The zero-order valence-corrected chi connectivity index (χ0v) is 13.6. The van der Waals surface area contributed by atoms with Crippen LogP contribution in [0, 0.1) is 17.0 Å². The number of amides is 1. The first-order valence-electron chi connectivity index (χ1n) is 6.50. The number of nitro groups is 1. The van der Waals surface area contributed by atoms with Crippen LogP contribution in [0.4, 0.5) is 11.4 Å². The molecule has 2 aromatic carbocycles. The lowest BCUT2D eigenvalue weighted by molar-refractivity contribution is -0.384. The van der Waals surface area contributed by atoms with Crippen molar-refractivity contribution in [2.24, 2.45) is 0 Å².